The van der Waals surface area contributed by atoms with E-state index in [9.17, 15) is 23.3 Å². The summed E-state index contributed by atoms with van der Waals surface area (Å²) in [7, 11) is -2.24. The lowest BCUT2D eigenvalue weighted by Gasteiger charge is -2.21. The molecule has 1 fully saturated rings. The van der Waals surface area contributed by atoms with Crippen LogP contribution >= 0.6 is 0 Å². The summed E-state index contributed by atoms with van der Waals surface area (Å²) in [6.07, 6.45) is 3.70. The molecular formula is C22H28N4O6S. The Morgan fingerprint density at radius 1 is 1.12 bits per heavy atom. The second kappa shape index (κ2) is 10.6. The molecule has 178 valence electrons. The summed E-state index contributed by atoms with van der Waals surface area (Å²) >= 11 is 0. The van der Waals surface area contributed by atoms with Crippen LogP contribution in [0.3, 0.4) is 0 Å². The highest BCUT2D eigenvalue weighted by molar-refractivity contribution is 7.89. The number of amides is 1. The highest BCUT2D eigenvalue weighted by Gasteiger charge is 2.27. The number of nitro groups is 1. The molecule has 1 saturated heterocycles. The van der Waals surface area contributed by atoms with Gasteiger partial charge in [-0.15, -0.1) is 0 Å². The highest BCUT2D eigenvalue weighted by atomic mass is 32.2. The number of hydrogen-bond donors (Lipinski definition) is 2. The topological polar surface area (TPSA) is 131 Å². The molecule has 1 aliphatic rings. The summed E-state index contributed by atoms with van der Waals surface area (Å²) in [6, 6.07) is 8.81. The van der Waals surface area contributed by atoms with Crippen LogP contribution in [-0.2, 0) is 14.8 Å². The molecule has 0 saturated carbocycles. The van der Waals surface area contributed by atoms with Gasteiger partial charge in [-0.2, -0.15) is 4.31 Å². The van der Waals surface area contributed by atoms with Crippen molar-refractivity contribution in [2.24, 2.45) is 0 Å². The van der Waals surface area contributed by atoms with E-state index in [1.807, 2.05) is 0 Å². The first-order valence-corrected chi connectivity index (χ1v) is 12.1. The normalized spacial score (nSPS) is 14.8. The maximum Gasteiger partial charge on any atom is 0.271 e. The number of ether oxygens (including phenoxy) is 1. The molecule has 1 amide bonds. The Morgan fingerprint density at radius 3 is 2.45 bits per heavy atom. The van der Waals surface area contributed by atoms with Crippen molar-refractivity contribution in [3.63, 3.8) is 0 Å². The molecule has 0 atom stereocenters. The minimum absolute atomic E-state index is 0.138. The molecule has 33 heavy (non-hydrogen) atoms. The molecule has 0 aliphatic carbocycles. The summed E-state index contributed by atoms with van der Waals surface area (Å²) in [5.41, 5.74) is 1.12. The molecule has 1 heterocycles. The van der Waals surface area contributed by atoms with E-state index in [4.69, 9.17) is 4.74 Å². The van der Waals surface area contributed by atoms with Gasteiger partial charge in [-0.25, -0.2) is 8.42 Å². The van der Waals surface area contributed by atoms with Crippen LogP contribution in [0.2, 0.25) is 0 Å². The molecule has 11 heteroatoms. The van der Waals surface area contributed by atoms with E-state index < -0.39 is 20.9 Å². The molecule has 0 bridgehead atoms. The SMILES string of the molecule is COc1ccc([N+](=O)[O-])cc1NCC(=O)Nc1ccc(C)c(S(=O)(=O)N2CCCCCC2)c1. The van der Waals surface area contributed by atoms with Crippen molar-refractivity contribution in [3.05, 3.63) is 52.1 Å². The summed E-state index contributed by atoms with van der Waals surface area (Å²) in [5, 5.41) is 16.5. The van der Waals surface area contributed by atoms with Crippen LogP contribution in [0, 0.1) is 17.0 Å². The van der Waals surface area contributed by atoms with Crippen molar-refractivity contribution in [1.82, 2.24) is 4.31 Å². The first-order chi connectivity index (χ1) is 15.7. The molecule has 10 nitrogen and oxygen atoms in total. The number of non-ortho nitro benzene ring substituents is 1. The number of methoxy groups -OCH3 is 1. The van der Waals surface area contributed by atoms with Crippen molar-refractivity contribution < 1.29 is 22.9 Å². The predicted octanol–water partition coefficient (Wildman–Crippen LogP) is 3.53. The van der Waals surface area contributed by atoms with E-state index in [1.54, 1.807) is 19.1 Å². The lowest BCUT2D eigenvalue weighted by Crippen LogP contribution is -2.32. The number of rotatable bonds is 8. The molecule has 3 rings (SSSR count). The van der Waals surface area contributed by atoms with Crippen molar-refractivity contribution in [1.29, 1.82) is 0 Å². The maximum absolute atomic E-state index is 13.2. The van der Waals surface area contributed by atoms with Gasteiger partial charge in [0.15, 0.2) is 0 Å². The van der Waals surface area contributed by atoms with Crippen LogP contribution in [0.15, 0.2) is 41.3 Å². The Hall–Kier alpha value is -3.18. The lowest BCUT2D eigenvalue weighted by molar-refractivity contribution is -0.384. The third-order valence-corrected chi connectivity index (χ3v) is 7.53. The van der Waals surface area contributed by atoms with E-state index in [1.165, 1.54) is 35.7 Å². The maximum atomic E-state index is 13.2. The number of carbonyl (C=O) groups excluding carboxylic acids is 1. The van der Waals surface area contributed by atoms with E-state index in [0.29, 0.717) is 35.8 Å². The first kappa shape index (κ1) is 24.5. The van der Waals surface area contributed by atoms with Crippen LogP contribution in [0.5, 0.6) is 5.75 Å². The second-order valence-corrected chi connectivity index (χ2v) is 9.75. The number of nitrogens with zero attached hydrogens (tertiary/aromatic N) is 2. The molecule has 2 aromatic rings. The number of aryl methyl sites for hydroxylation is 1. The molecule has 1 aliphatic heterocycles. The zero-order valence-electron chi connectivity index (χ0n) is 18.7. The Bertz CT molecular complexity index is 1130. The number of nitrogens with one attached hydrogen (secondary N) is 2. The average Bonchev–Trinajstić information content (AvgIpc) is 3.09. The van der Waals surface area contributed by atoms with Gasteiger partial charge in [0, 0.05) is 30.9 Å². The van der Waals surface area contributed by atoms with E-state index in [2.05, 4.69) is 10.6 Å². The predicted molar refractivity (Wildman–Crippen MR) is 125 cm³/mol. The number of hydrogen-bond acceptors (Lipinski definition) is 7. The highest BCUT2D eigenvalue weighted by Crippen LogP contribution is 2.29. The lowest BCUT2D eigenvalue weighted by atomic mass is 10.2. The monoisotopic (exact) mass is 476 g/mol. The Morgan fingerprint density at radius 2 is 1.82 bits per heavy atom. The van der Waals surface area contributed by atoms with Gasteiger partial charge >= 0.3 is 0 Å². The van der Waals surface area contributed by atoms with Gasteiger partial charge in [0.2, 0.25) is 15.9 Å². The molecule has 0 spiro atoms. The number of nitro benzene ring substituents is 1. The van der Waals surface area contributed by atoms with Gasteiger partial charge in [-0.1, -0.05) is 18.9 Å². The van der Waals surface area contributed by atoms with Crippen molar-refractivity contribution in [2.75, 3.05) is 37.4 Å². The van der Waals surface area contributed by atoms with E-state index in [-0.39, 0.29) is 17.1 Å². The number of benzene rings is 2. The van der Waals surface area contributed by atoms with Gasteiger partial charge in [0.05, 0.1) is 29.2 Å². The molecule has 0 unspecified atom stereocenters. The third kappa shape index (κ3) is 5.99. The minimum Gasteiger partial charge on any atom is -0.495 e. The van der Waals surface area contributed by atoms with Crippen LogP contribution in [0.1, 0.15) is 31.2 Å². The van der Waals surface area contributed by atoms with Crippen molar-refractivity contribution in [3.8, 4) is 5.75 Å². The average molecular weight is 477 g/mol. The van der Waals surface area contributed by atoms with Gasteiger partial charge in [0.25, 0.3) is 5.69 Å². The summed E-state index contributed by atoms with van der Waals surface area (Å²) in [5.74, 6) is -0.0832. The number of carbonyl (C=O) groups is 1. The van der Waals surface area contributed by atoms with Gasteiger partial charge in [-0.05, 0) is 43.5 Å². The zero-order valence-corrected chi connectivity index (χ0v) is 19.5. The summed E-state index contributed by atoms with van der Waals surface area (Å²) < 4.78 is 33.1. The summed E-state index contributed by atoms with van der Waals surface area (Å²) in [6.45, 7) is 2.52. The fraction of sp³-hybridized carbons (Fsp3) is 0.409. The Balaban J connectivity index is 1.72. The summed E-state index contributed by atoms with van der Waals surface area (Å²) in [4.78, 5) is 23.1. The number of anilines is 2. The zero-order chi connectivity index (χ0) is 24.0. The Labute approximate surface area is 193 Å². The van der Waals surface area contributed by atoms with Crippen molar-refractivity contribution >= 4 is 33.0 Å². The van der Waals surface area contributed by atoms with Gasteiger partial charge in [-0.3, -0.25) is 14.9 Å². The van der Waals surface area contributed by atoms with Crippen LogP contribution < -0.4 is 15.4 Å². The second-order valence-electron chi connectivity index (χ2n) is 7.84. The van der Waals surface area contributed by atoms with Gasteiger partial charge in [0.1, 0.15) is 5.75 Å². The quantitative estimate of drug-likeness (QED) is 0.440. The van der Waals surface area contributed by atoms with Crippen molar-refractivity contribution in [2.45, 2.75) is 37.5 Å². The molecule has 0 aromatic heterocycles. The van der Waals surface area contributed by atoms with Crippen LogP contribution in [0.4, 0.5) is 17.1 Å². The van der Waals surface area contributed by atoms with E-state index in [0.717, 1.165) is 25.7 Å². The van der Waals surface area contributed by atoms with Crippen LogP contribution in [-0.4, -0.2) is 50.3 Å². The molecule has 0 radical (unpaired) electrons. The first-order valence-electron chi connectivity index (χ1n) is 10.7. The Kier molecular flexibility index (Phi) is 7.88. The fourth-order valence-electron chi connectivity index (χ4n) is 3.71. The smallest absolute Gasteiger partial charge is 0.271 e. The molecule has 2 N–H and O–H groups in total. The standard InChI is InChI=1S/C22H28N4O6S/c1-16-7-8-17(13-21(16)33(30,31)25-11-5-3-4-6-12-25)24-22(27)15-23-19-14-18(26(28)29)9-10-20(19)32-2/h7-10,13-14,23H,3-6,11-12,15H2,1-2H3,(H,24,27). The molecular weight excluding hydrogens is 448 g/mol. The third-order valence-electron chi connectivity index (χ3n) is 5.49. The minimum atomic E-state index is -3.67. The fourth-order valence-corrected chi connectivity index (χ4v) is 5.47. The van der Waals surface area contributed by atoms with E-state index >= 15 is 0 Å². The van der Waals surface area contributed by atoms with Crippen LogP contribution in [0.25, 0.3) is 0 Å². The molecule has 2 aromatic carbocycles. The largest absolute Gasteiger partial charge is 0.495 e. The van der Waals surface area contributed by atoms with Gasteiger partial charge < -0.3 is 15.4 Å². The number of sulfonamides is 1.